The number of hydrogen-bond donors (Lipinski definition) is 2. The highest BCUT2D eigenvalue weighted by Crippen LogP contribution is 2.43. The van der Waals surface area contributed by atoms with Gasteiger partial charge >= 0.3 is 19.8 Å². The number of carbonyl (C=O) groups excluding carboxylic acids is 2. The average molecular weight is 744 g/mol. The topological polar surface area (TPSA) is 134 Å². The Bertz CT molecular complexity index is 897. The number of esters is 2. The van der Waals surface area contributed by atoms with Gasteiger partial charge in [0.2, 0.25) is 0 Å². The van der Waals surface area contributed by atoms with E-state index in [1.807, 2.05) is 12.2 Å². The first-order valence-corrected chi connectivity index (χ1v) is 22.4. The second-order valence-electron chi connectivity index (χ2n) is 13.9. The molecule has 2 atom stereocenters. The molecule has 300 valence electrons. The monoisotopic (exact) mass is 744 g/mol. The minimum Gasteiger partial charge on any atom is -0.462 e. The van der Waals surface area contributed by atoms with Crippen LogP contribution in [-0.2, 0) is 32.7 Å². The van der Waals surface area contributed by atoms with Crippen LogP contribution in [0.4, 0.5) is 0 Å². The first kappa shape index (κ1) is 49.5. The SMILES string of the molecule is CCCCCCCCCCCCC/C=C/C=C/C(=O)O[C@H](COC(=O)CCCCCCCCCCCCCCCCC)COP(=O)(O)OCCN. The van der Waals surface area contributed by atoms with Crippen LogP contribution in [0.15, 0.2) is 24.3 Å². The lowest BCUT2D eigenvalue weighted by Gasteiger charge is -2.19. The first-order valence-electron chi connectivity index (χ1n) is 20.9. The molecule has 0 saturated heterocycles. The van der Waals surface area contributed by atoms with Gasteiger partial charge in [0, 0.05) is 19.0 Å². The van der Waals surface area contributed by atoms with E-state index < -0.39 is 32.5 Å². The molecular formula is C41H78NO8P. The van der Waals surface area contributed by atoms with Crippen molar-refractivity contribution in [2.24, 2.45) is 5.73 Å². The van der Waals surface area contributed by atoms with Gasteiger partial charge in [0.25, 0.3) is 0 Å². The molecule has 0 aromatic rings. The number of carbonyl (C=O) groups is 2. The van der Waals surface area contributed by atoms with E-state index in [0.29, 0.717) is 0 Å². The molecular weight excluding hydrogens is 665 g/mol. The number of unbranched alkanes of at least 4 members (excludes halogenated alkanes) is 25. The van der Waals surface area contributed by atoms with Crippen LogP contribution in [0.5, 0.6) is 0 Å². The summed E-state index contributed by atoms with van der Waals surface area (Å²) in [5.41, 5.74) is 5.33. The largest absolute Gasteiger partial charge is 0.472 e. The van der Waals surface area contributed by atoms with Crippen molar-refractivity contribution in [3.8, 4) is 0 Å². The summed E-state index contributed by atoms with van der Waals surface area (Å²) in [6, 6.07) is 0. The summed E-state index contributed by atoms with van der Waals surface area (Å²) in [7, 11) is -4.39. The summed E-state index contributed by atoms with van der Waals surface area (Å²) in [6.45, 7) is 3.62. The smallest absolute Gasteiger partial charge is 0.462 e. The van der Waals surface area contributed by atoms with Crippen molar-refractivity contribution in [2.75, 3.05) is 26.4 Å². The molecule has 0 heterocycles. The van der Waals surface area contributed by atoms with Gasteiger partial charge < -0.3 is 20.1 Å². The summed E-state index contributed by atoms with van der Waals surface area (Å²) in [5, 5.41) is 0. The van der Waals surface area contributed by atoms with E-state index in [0.717, 1.165) is 32.1 Å². The van der Waals surface area contributed by atoms with Crippen LogP contribution in [0.1, 0.15) is 194 Å². The van der Waals surface area contributed by atoms with Gasteiger partial charge in [-0.05, 0) is 19.3 Å². The van der Waals surface area contributed by atoms with Crippen molar-refractivity contribution >= 4 is 19.8 Å². The molecule has 0 aliphatic heterocycles. The van der Waals surface area contributed by atoms with E-state index >= 15 is 0 Å². The number of ether oxygens (including phenoxy) is 2. The highest BCUT2D eigenvalue weighted by atomic mass is 31.2. The van der Waals surface area contributed by atoms with E-state index in [1.165, 1.54) is 147 Å². The van der Waals surface area contributed by atoms with E-state index in [-0.39, 0.29) is 26.2 Å². The van der Waals surface area contributed by atoms with Crippen LogP contribution >= 0.6 is 7.82 Å². The molecule has 1 unspecified atom stereocenters. The number of phosphoric acid groups is 1. The molecule has 10 heteroatoms. The zero-order chi connectivity index (χ0) is 37.5. The van der Waals surface area contributed by atoms with Crippen molar-refractivity contribution in [1.82, 2.24) is 0 Å². The average Bonchev–Trinajstić information content (AvgIpc) is 3.11. The second kappa shape index (κ2) is 38.2. The van der Waals surface area contributed by atoms with Gasteiger partial charge in [0.15, 0.2) is 6.10 Å². The van der Waals surface area contributed by atoms with E-state index in [4.69, 9.17) is 24.3 Å². The Balaban J connectivity index is 4.25. The molecule has 0 rings (SSSR count). The normalized spacial score (nSPS) is 13.6. The molecule has 0 aliphatic carbocycles. The zero-order valence-electron chi connectivity index (χ0n) is 32.8. The predicted octanol–water partition coefficient (Wildman–Crippen LogP) is 11.6. The maximum atomic E-state index is 12.4. The summed E-state index contributed by atoms with van der Waals surface area (Å²) in [6.07, 6.45) is 39.8. The van der Waals surface area contributed by atoms with Crippen LogP contribution in [0, 0.1) is 0 Å². The van der Waals surface area contributed by atoms with Gasteiger partial charge in [-0.3, -0.25) is 13.8 Å². The molecule has 0 aromatic carbocycles. The molecule has 0 spiro atoms. The van der Waals surface area contributed by atoms with Crippen molar-refractivity contribution in [2.45, 2.75) is 200 Å². The number of rotatable bonds is 39. The quantitative estimate of drug-likeness (QED) is 0.0207. The molecule has 0 bridgehead atoms. The predicted molar refractivity (Wildman–Crippen MR) is 211 cm³/mol. The van der Waals surface area contributed by atoms with E-state index in [9.17, 15) is 19.0 Å². The lowest BCUT2D eigenvalue weighted by molar-refractivity contribution is -0.157. The standard InChI is InChI=1S/C41H78NO8P/c1-3-5-7-9-11-13-15-17-19-21-23-25-27-29-31-33-40(43)47-37-39(38-49-51(45,46)48-36-35-42)50-41(44)34-32-30-28-26-24-22-20-18-16-14-12-10-8-6-4-2/h28,30,32,34,39H,3-27,29,31,33,35-38,42H2,1-2H3,(H,45,46)/b30-28+,34-32+/t39-/m1/s1. The van der Waals surface area contributed by atoms with Crippen molar-refractivity contribution in [3.63, 3.8) is 0 Å². The number of nitrogens with two attached hydrogens (primary N) is 1. The van der Waals surface area contributed by atoms with Gasteiger partial charge in [-0.15, -0.1) is 0 Å². The molecule has 0 amide bonds. The summed E-state index contributed by atoms with van der Waals surface area (Å²) >= 11 is 0. The van der Waals surface area contributed by atoms with Crippen LogP contribution in [0.25, 0.3) is 0 Å². The Morgan fingerprint density at radius 1 is 0.627 bits per heavy atom. The van der Waals surface area contributed by atoms with Crippen LogP contribution < -0.4 is 5.73 Å². The number of allylic oxidation sites excluding steroid dienone is 3. The Morgan fingerprint density at radius 2 is 1.08 bits per heavy atom. The number of hydrogen-bond acceptors (Lipinski definition) is 8. The zero-order valence-corrected chi connectivity index (χ0v) is 33.7. The van der Waals surface area contributed by atoms with Gasteiger partial charge in [-0.25, -0.2) is 9.36 Å². The van der Waals surface area contributed by atoms with Gasteiger partial charge in [-0.1, -0.05) is 186 Å². The lowest BCUT2D eigenvalue weighted by atomic mass is 10.0. The molecule has 0 fully saturated rings. The first-order chi connectivity index (χ1) is 24.8. The van der Waals surface area contributed by atoms with E-state index in [2.05, 4.69) is 13.8 Å². The third kappa shape index (κ3) is 38.0. The van der Waals surface area contributed by atoms with Crippen molar-refractivity contribution in [1.29, 1.82) is 0 Å². The van der Waals surface area contributed by atoms with Crippen molar-refractivity contribution in [3.05, 3.63) is 24.3 Å². The molecule has 9 nitrogen and oxygen atoms in total. The van der Waals surface area contributed by atoms with Gasteiger partial charge in [0.1, 0.15) is 6.61 Å². The molecule has 51 heavy (non-hydrogen) atoms. The van der Waals surface area contributed by atoms with Crippen LogP contribution in [0.2, 0.25) is 0 Å². The molecule has 0 saturated carbocycles. The molecule has 0 aromatic heterocycles. The van der Waals surface area contributed by atoms with Gasteiger partial charge in [-0.2, -0.15) is 0 Å². The van der Waals surface area contributed by atoms with Crippen LogP contribution in [0.3, 0.4) is 0 Å². The maximum absolute atomic E-state index is 12.4. The Hall–Kier alpha value is -1.51. The maximum Gasteiger partial charge on any atom is 0.472 e. The molecule has 0 aliphatic rings. The third-order valence-electron chi connectivity index (χ3n) is 8.95. The van der Waals surface area contributed by atoms with Crippen molar-refractivity contribution < 1.29 is 37.6 Å². The fourth-order valence-corrected chi connectivity index (χ4v) is 6.60. The molecule has 0 radical (unpaired) electrons. The Labute approximate surface area is 312 Å². The third-order valence-corrected chi connectivity index (χ3v) is 9.93. The fourth-order valence-electron chi connectivity index (χ4n) is 5.84. The Morgan fingerprint density at radius 3 is 1.55 bits per heavy atom. The van der Waals surface area contributed by atoms with Crippen LogP contribution in [-0.4, -0.2) is 49.3 Å². The van der Waals surface area contributed by atoms with E-state index in [1.54, 1.807) is 6.08 Å². The highest BCUT2D eigenvalue weighted by molar-refractivity contribution is 7.47. The molecule has 3 N–H and O–H groups in total. The Kier molecular flexibility index (Phi) is 37.1. The fraction of sp³-hybridized carbons (Fsp3) is 0.854. The second-order valence-corrected chi connectivity index (χ2v) is 15.4. The lowest BCUT2D eigenvalue weighted by Crippen LogP contribution is -2.29. The number of phosphoric ester groups is 1. The summed E-state index contributed by atoms with van der Waals surface area (Å²) in [4.78, 5) is 34.7. The summed E-state index contributed by atoms with van der Waals surface area (Å²) < 4.78 is 32.5. The minimum atomic E-state index is -4.39. The van der Waals surface area contributed by atoms with Gasteiger partial charge in [0.05, 0.1) is 13.2 Å². The highest BCUT2D eigenvalue weighted by Gasteiger charge is 2.25. The minimum absolute atomic E-state index is 0.0425. The summed E-state index contributed by atoms with van der Waals surface area (Å²) in [5.74, 6) is -1.07.